The lowest BCUT2D eigenvalue weighted by atomic mass is 10.4. The van der Waals surface area contributed by atoms with Gasteiger partial charge in [-0.05, 0) is 13.3 Å². The van der Waals surface area contributed by atoms with Gasteiger partial charge in [-0.3, -0.25) is 0 Å². The second-order valence-electron chi connectivity index (χ2n) is 2.12. The molecule has 0 aromatic heterocycles. The first kappa shape index (κ1) is 37.0. The van der Waals surface area contributed by atoms with Crippen LogP contribution in [0.1, 0.15) is 57.4 Å². The molecule has 0 heterocycles. The van der Waals surface area contributed by atoms with Gasteiger partial charge in [0, 0.05) is 13.7 Å². The van der Waals surface area contributed by atoms with E-state index < -0.39 is 0 Å². The highest BCUT2D eigenvalue weighted by Crippen LogP contribution is 1.89. The zero-order chi connectivity index (χ0) is 7.11. The van der Waals surface area contributed by atoms with E-state index in [2.05, 4.69) is 6.92 Å². The van der Waals surface area contributed by atoms with Crippen molar-refractivity contribution in [2.45, 2.75) is 63.5 Å². The van der Waals surface area contributed by atoms with E-state index >= 15 is 0 Å². The molecular formula is C12H36O2. The summed E-state index contributed by atoms with van der Waals surface area (Å²) in [4.78, 5) is 0. The molecule has 96 valence electrons. The minimum atomic E-state index is 0. The van der Waals surface area contributed by atoms with E-state index in [1.165, 1.54) is 0 Å². The highest BCUT2D eigenvalue weighted by atomic mass is 16.5. The number of hydrogen-bond donors (Lipinski definition) is 0. The lowest BCUT2D eigenvalue weighted by Gasteiger charge is -2.08. The molecule has 0 rings (SSSR count). The van der Waals surface area contributed by atoms with Crippen LogP contribution in [0.4, 0.5) is 0 Å². The maximum Gasteiger partial charge on any atom is 0.0776 e. The van der Waals surface area contributed by atoms with E-state index in [1.54, 1.807) is 7.11 Å². The highest BCUT2D eigenvalue weighted by molar-refractivity contribution is 4.43. The van der Waals surface area contributed by atoms with Crippen LogP contribution in [0.25, 0.3) is 0 Å². The Labute approximate surface area is 94.0 Å². The van der Waals surface area contributed by atoms with Gasteiger partial charge in [-0.1, -0.05) is 44.1 Å². The quantitative estimate of drug-likeness (QED) is 0.619. The molecule has 0 aromatic carbocycles. The molecule has 0 bridgehead atoms. The van der Waals surface area contributed by atoms with Crippen LogP contribution >= 0.6 is 0 Å². The van der Waals surface area contributed by atoms with Gasteiger partial charge >= 0.3 is 0 Å². The number of hydrogen-bond acceptors (Lipinski definition) is 2. The summed E-state index contributed by atoms with van der Waals surface area (Å²) in [5, 5.41) is 0. The minimum Gasteiger partial charge on any atom is -0.379 e. The van der Waals surface area contributed by atoms with Gasteiger partial charge in [0.05, 0.1) is 12.7 Å². The lowest BCUT2D eigenvalue weighted by Crippen LogP contribution is -2.13. The average Bonchev–Trinajstić information content (AvgIpc) is 1.89. The van der Waals surface area contributed by atoms with Crippen molar-refractivity contribution in [2.24, 2.45) is 0 Å². The molecule has 1 atom stereocenters. The Hall–Kier alpha value is -0.0800. The smallest absolute Gasteiger partial charge is 0.0776 e. The molecular weight excluding hydrogens is 176 g/mol. The monoisotopic (exact) mass is 212 g/mol. The highest BCUT2D eigenvalue weighted by Gasteiger charge is 1.96. The standard InChI is InChI=1S/C7H16O2.5CH4/c1-4-5-9-6-7(2)8-3;;;;;/h7H,4-6H2,1-3H3;5*1H4. The molecule has 0 saturated carbocycles. The van der Waals surface area contributed by atoms with E-state index in [0.717, 1.165) is 13.0 Å². The fourth-order valence-corrected chi connectivity index (χ4v) is 0.462. The molecule has 0 aliphatic carbocycles. The maximum atomic E-state index is 5.21. The van der Waals surface area contributed by atoms with Crippen LogP contribution in [0.15, 0.2) is 0 Å². The van der Waals surface area contributed by atoms with E-state index in [1.807, 2.05) is 6.92 Å². The summed E-state index contributed by atoms with van der Waals surface area (Å²) < 4.78 is 10.2. The Bertz CT molecular complexity index is 56.3. The molecule has 0 aromatic rings. The Morgan fingerprint density at radius 3 is 1.71 bits per heavy atom. The topological polar surface area (TPSA) is 18.5 Å². The molecule has 1 unspecified atom stereocenters. The zero-order valence-electron chi connectivity index (χ0n) is 6.52. The maximum absolute atomic E-state index is 5.21. The number of rotatable bonds is 5. The summed E-state index contributed by atoms with van der Waals surface area (Å²) in [5.41, 5.74) is 0. The number of methoxy groups -OCH3 is 1. The molecule has 2 nitrogen and oxygen atoms in total. The summed E-state index contributed by atoms with van der Waals surface area (Å²) in [5.74, 6) is 0. The summed E-state index contributed by atoms with van der Waals surface area (Å²) >= 11 is 0. The zero-order valence-corrected chi connectivity index (χ0v) is 6.52. The van der Waals surface area contributed by atoms with E-state index in [-0.39, 0.29) is 43.2 Å². The van der Waals surface area contributed by atoms with Crippen LogP contribution in [-0.4, -0.2) is 26.4 Å². The van der Waals surface area contributed by atoms with Crippen molar-refractivity contribution < 1.29 is 9.47 Å². The third kappa shape index (κ3) is 29.7. The first-order chi connectivity index (χ1) is 4.31. The van der Waals surface area contributed by atoms with Gasteiger partial charge in [0.25, 0.3) is 0 Å². The predicted molar refractivity (Wildman–Crippen MR) is 71.2 cm³/mol. The van der Waals surface area contributed by atoms with Crippen LogP contribution in [0, 0.1) is 0 Å². The molecule has 2 heteroatoms. The van der Waals surface area contributed by atoms with E-state index in [0.29, 0.717) is 6.61 Å². The van der Waals surface area contributed by atoms with Crippen LogP contribution < -0.4 is 0 Å². The summed E-state index contributed by atoms with van der Waals surface area (Å²) in [6, 6.07) is 0. The normalized spacial score (nSPS) is 8.79. The molecule has 0 aliphatic heterocycles. The molecule has 0 aliphatic rings. The van der Waals surface area contributed by atoms with Gasteiger partial charge < -0.3 is 9.47 Å². The van der Waals surface area contributed by atoms with Crippen molar-refractivity contribution in [3.8, 4) is 0 Å². The fraction of sp³-hybridized carbons (Fsp3) is 1.00. The Morgan fingerprint density at radius 1 is 1.00 bits per heavy atom. The van der Waals surface area contributed by atoms with Crippen molar-refractivity contribution in [1.82, 2.24) is 0 Å². The minimum absolute atomic E-state index is 0. The molecule has 0 saturated heterocycles. The third-order valence-corrected chi connectivity index (χ3v) is 1.10. The second kappa shape index (κ2) is 29.3. The van der Waals surface area contributed by atoms with Gasteiger partial charge in [0.1, 0.15) is 0 Å². The molecule has 0 spiro atoms. The summed E-state index contributed by atoms with van der Waals surface area (Å²) in [6.07, 6.45) is 1.31. The molecule has 0 N–H and O–H groups in total. The summed E-state index contributed by atoms with van der Waals surface area (Å²) in [6.45, 7) is 5.64. The van der Waals surface area contributed by atoms with Crippen LogP contribution in [0.2, 0.25) is 0 Å². The molecule has 14 heavy (non-hydrogen) atoms. The molecule has 0 fully saturated rings. The Morgan fingerprint density at radius 2 is 1.43 bits per heavy atom. The molecule has 0 radical (unpaired) electrons. The van der Waals surface area contributed by atoms with Crippen molar-refractivity contribution >= 4 is 0 Å². The average molecular weight is 212 g/mol. The van der Waals surface area contributed by atoms with Crippen molar-refractivity contribution in [3.63, 3.8) is 0 Å². The van der Waals surface area contributed by atoms with E-state index in [4.69, 9.17) is 9.47 Å². The largest absolute Gasteiger partial charge is 0.379 e. The first-order valence-corrected chi connectivity index (χ1v) is 3.41. The Balaban J connectivity index is -0.0000000320. The van der Waals surface area contributed by atoms with Crippen molar-refractivity contribution in [1.29, 1.82) is 0 Å². The van der Waals surface area contributed by atoms with Gasteiger partial charge in [0.15, 0.2) is 0 Å². The predicted octanol–water partition coefficient (Wildman–Crippen LogP) is 4.63. The Kier molecular flexibility index (Phi) is 77.4. The van der Waals surface area contributed by atoms with Gasteiger partial charge in [-0.2, -0.15) is 0 Å². The molecule has 0 amide bonds. The number of ether oxygens (including phenoxy) is 2. The van der Waals surface area contributed by atoms with Gasteiger partial charge in [0.2, 0.25) is 0 Å². The van der Waals surface area contributed by atoms with Crippen molar-refractivity contribution in [3.05, 3.63) is 0 Å². The van der Waals surface area contributed by atoms with Gasteiger partial charge in [-0.25, -0.2) is 0 Å². The fourth-order valence-electron chi connectivity index (χ4n) is 0.462. The van der Waals surface area contributed by atoms with Crippen molar-refractivity contribution in [2.75, 3.05) is 20.3 Å². The van der Waals surface area contributed by atoms with E-state index in [9.17, 15) is 0 Å². The van der Waals surface area contributed by atoms with Crippen LogP contribution in [0.3, 0.4) is 0 Å². The summed E-state index contributed by atoms with van der Waals surface area (Å²) in [7, 11) is 1.69. The van der Waals surface area contributed by atoms with Crippen LogP contribution in [-0.2, 0) is 9.47 Å². The third-order valence-electron chi connectivity index (χ3n) is 1.10. The second-order valence-corrected chi connectivity index (χ2v) is 2.12. The first-order valence-electron chi connectivity index (χ1n) is 3.41. The van der Waals surface area contributed by atoms with Crippen LogP contribution in [0.5, 0.6) is 0 Å². The lowest BCUT2D eigenvalue weighted by molar-refractivity contribution is 0.0188. The SMILES string of the molecule is C.C.C.C.C.CCCOCC(C)OC. The van der Waals surface area contributed by atoms with Gasteiger partial charge in [-0.15, -0.1) is 0 Å².